The van der Waals surface area contributed by atoms with Crippen LogP contribution >= 0.6 is 11.6 Å². The fraction of sp³-hybridized carbons (Fsp3) is 0.385. The zero-order valence-electron chi connectivity index (χ0n) is 11.7. The smallest absolute Gasteiger partial charge is 0.337 e. The molecule has 2 N–H and O–H groups in total. The summed E-state index contributed by atoms with van der Waals surface area (Å²) in [4.78, 5) is 25.0. The Kier molecular flexibility index (Phi) is 6.27. The number of esters is 1. The molecule has 0 atom stereocenters. The van der Waals surface area contributed by atoms with Crippen LogP contribution in [-0.2, 0) is 4.74 Å². The summed E-state index contributed by atoms with van der Waals surface area (Å²) in [6, 6.07) is 4.16. The van der Waals surface area contributed by atoms with E-state index in [4.69, 9.17) is 11.6 Å². The van der Waals surface area contributed by atoms with Crippen molar-refractivity contribution in [3.8, 4) is 0 Å². The van der Waals surface area contributed by atoms with Gasteiger partial charge in [-0.2, -0.15) is 0 Å². The molecule has 0 aliphatic heterocycles. The van der Waals surface area contributed by atoms with Crippen LogP contribution < -0.4 is 10.6 Å². The van der Waals surface area contributed by atoms with Gasteiger partial charge < -0.3 is 20.3 Å². The van der Waals surface area contributed by atoms with Gasteiger partial charge in [-0.05, 0) is 32.3 Å². The SMILES string of the molecule is COC(=O)c1ccc(Cl)c(NC(=O)NCCN(C)C)c1. The number of methoxy groups -OCH3 is 1. The number of ether oxygens (including phenoxy) is 1. The summed E-state index contributed by atoms with van der Waals surface area (Å²) in [7, 11) is 5.12. The highest BCUT2D eigenvalue weighted by atomic mass is 35.5. The molecule has 0 saturated carbocycles. The topological polar surface area (TPSA) is 70.7 Å². The van der Waals surface area contributed by atoms with Gasteiger partial charge >= 0.3 is 12.0 Å². The fourth-order valence-electron chi connectivity index (χ4n) is 1.43. The lowest BCUT2D eigenvalue weighted by atomic mass is 10.2. The molecule has 0 radical (unpaired) electrons. The predicted molar refractivity (Wildman–Crippen MR) is 78.4 cm³/mol. The maximum absolute atomic E-state index is 11.7. The van der Waals surface area contributed by atoms with Crippen LogP contribution in [0.1, 0.15) is 10.4 Å². The number of amides is 2. The summed E-state index contributed by atoms with van der Waals surface area (Å²) >= 11 is 5.97. The molecule has 0 bridgehead atoms. The third-order valence-corrected chi connectivity index (χ3v) is 2.81. The van der Waals surface area contributed by atoms with Gasteiger partial charge in [-0.15, -0.1) is 0 Å². The second kappa shape index (κ2) is 7.72. The molecule has 0 fully saturated rings. The molecule has 0 saturated heterocycles. The lowest BCUT2D eigenvalue weighted by Crippen LogP contribution is -2.34. The van der Waals surface area contributed by atoms with Crippen LogP contribution in [0.2, 0.25) is 5.02 Å². The maximum atomic E-state index is 11.7. The Morgan fingerprint density at radius 3 is 2.65 bits per heavy atom. The van der Waals surface area contributed by atoms with Crippen LogP contribution in [0.15, 0.2) is 18.2 Å². The number of likely N-dealkylation sites (N-methyl/N-ethyl adjacent to an activating group) is 1. The van der Waals surface area contributed by atoms with Crippen molar-refractivity contribution < 1.29 is 14.3 Å². The van der Waals surface area contributed by atoms with Crippen LogP contribution in [0.4, 0.5) is 10.5 Å². The van der Waals surface area contributed by atoms with Crippen molar-refractivity contribution >= 4 is 29.3 Å². The van der Waals surface area contributed by atoms with E-state index in [9.17, 15) is 9.59 Å². The number of nitrogens with zero attached hydrogens (tertiary/aromatic N) is 1. The van der Waals surface area contributed by atoms with Crippen LogP contribution in [0.5, 0.6) is 0 Å². The van der Waals surface area contributed by atoms with E-state index in [0.29, 0.717) is 22.8 Å². The molecule has 1 rings (SSSR count). The summed E-state index contributed by atoms with van der Waals surface area (Å²) in [5.41, 5.74) is 0.678. The molecule has 1 aromatic carbocycles. The summed E-state index contributed by atoms with van der Waals surface area (Å²) in [5.74, 6) is -0.488. The first-order valence-corrected chi connectivity index (χ1v) is 6.39. The number of nitrogens with one attached hydrogen (secondary N) is 2. The second-order valence-electron chi connectivity index (χ2n) is 4.37. The van der Waals surface area contributed by atoms with Crippen LogP contribution in [-0.4, -0.2) is 51.2 Å². The first-order valence-electron chi connectivity index (χ1n) is 6.01. The molecule has 0 heterocycles. The number of carbonyl (C=O) groups is 2. The Hall–Kier alpha value is -1.79. The molecule has 0 aromatic heterocycles. The number of urea groups is 1. The Balaban J connectivity index is 2.66. The van der Waals surface area contributed by atoms with E-state index in [0.717, 1.165) is 6.54 Å². The number of hydrogen-bond donors (Lipinski definition) is 2. The molecule has 6 nitrogen and oxygen atoms in total. The van der Waals surface area contributed by atoms with E-state index in [2.05, 4.69) is 15.4 Å². The predicted octanol–water partition coefficient (Wildman–Crippen LogP) is 1.81. The maximum Gasteiger partial charge on any atom is 0.337 e. The van der Waals surface area contributed by atoms with Crippen molar-refractivity contribution in [1.29, 1.82) is 0 Å². The Labute approximate surface area is 123 Å². The lowest BCUT2D eigenvalue weighted by molar-refractivity contribution is 0.0600. The van der Waals surface area contributed by atoms with Gasteiger partial charge in [-0.25, -0.2) is 9.59 Å². The van der Waals surface area contributed by atoms with Crippen molar-refractivity contribution in [2.75, 3.05) is 39.6 Å². The molecular weight excluding hydrogens is 282 g/mol. The summed E-state index contributed by atoms with van der Waals surface area (Å²) in [5, 5.41) is 5.63. The highest BCUT2D eigenvalue weighted by Crippen LogP contribution is 2.23. The fourth-order valence-corrected chi connectivity index (χ4v) is 1.59. The number of rotatable bonds is 5. The van der Waals surface area contributed by atoms with Gasteiger partial charge in [-0.1, -0.05) is 11.6 Å². The molecular formula is C13H18ClN3O3. The molecule has 110 valence electrons. The van der Waals surface area contributed by atoms with Gasteiger partial charge in [0.05, 0.1) is 23.4 Å². The third-order valence-electron chi connectivity index (χ3n) is 2.48. The Bertz CT molecular complexity index is 492. The van der Waals surface area contributed by atoms with Crippen molar-refractivity contribution in [2.24, 2.45) is 0 Å². The minimum atomic E-state index is -0.488. The van der Waals surface area contributed by atoms with Gasteiger partial charge in [0.1, 0.15) is 0 Å². The van der Waals surface area contributed by atoms with Crippen LogP contribution in [0.25, 0.3) is 0 Å². The Morgan fingerprint density at radius 1 is 1.35 bits per heavy atom. The average Bonchev–Trinajstić information content (AvgIpc) is 2.40. The standard InChI is InChI=1S/C13H18ClN3O3/c1-17(2)7-6-15-13(19)16-11-8-9(12(18)20-3)4-5-10(11)14/h4-5,8H,6-7H2,1-3H3,(H2,15,16,19). The van der Waals surface area contributed by atoms with Gasteiger partial charge in [0.2, 0.25) is 0 Å². The molecule has 0 aliphatic carbocycles. The molecule has 0 unspecified atom stereocenters. The number of carbonyl (C=O) groups excluding carboxylic acids is 2. The molecule has 20 heavy (non-hydrogen) atoms. The van der Waals surface area contributed by atoms with E-state index in [1.54, 1.807) is 0 Å². The van der Waals surface area contributed by atoms with Crippen molar-refractivity contribution in [2.45, 2.75) is 0 Å². The van der Waals surface area contributed by atoms with E-state index in [-0.39, 0.29) is 6.03 Å². The minimum absolute atomic E-state index is 0.320. The number of halogens is 1. The highest BCUT2D eigenvalue weighted by Gasteiger charge is 2.11. The summed E-state index contributed by atoms with van der Waals surface area (Å²) in [6.45, 7) is 1.23. The van der Waals surface area contributed by atoms with Crippen molar-refractivity contribution in [3.05, 3.63) is 28.8 Å². The van der Waals surface area contributed by atoms with Gasteiger partial charge in [0.15, 0.2) is 0 Å². The summed E-state index contributed by atoms with van der Waals surface area (Å²) in [6.07, 6.45) is 0. The van der Waals surface area contributed by atoms with E-state index in [1.165, 1.54) is 25.3 Å². The highest BCUT2D eigenvalue weighted by molar-refractivity contribution is 6.33. The minimum Gasteiger partial charge on any atom is -0.465 e. The van der Waals surface area contributed by atoms with Crippen LogP contribution in [0.3, 0.4) is 0 Å². The van der Waals surface area contributed by atoms with Gasteiger partial charge in [-0.3, -0.25) is 0 Å². The summed E-state index contributed by atoms with van der Waals surface area (Å²) < 4.78 is 4.61. The Morgan fingerprint density at radius 2 is 2.05 bits per heavy atom. The zero-order chi connectivity index (χ0) is 15.1. The lowest BCUT2D eigenvalue weighted by Gasteiger charge is -2.12. The van der Waals surface area contributed by atoms with E-state index in [1.807, 2.05) is 19.0 Å². The molecule has 2 amide bonds. The van der Waals surface area contributed by atoms with Gasteiger partial charge in [0.25, 0.3) is 0 Å². The second-order valence-corrected chi connectivity index (χ2v) is 4.78. The van der Waals surface area contributed by atoms with E-state index >= 15 is 0 Å². The molecule has 0 aliphatic rings. The van der Waals surface area contributed by atoms with Gasteiger partial charge in [0, 0.05) is 13.1 Å². The monoisotopic (exact) mass is 299 g/mol. The van der Waals surface area contributed by atoms with Crippen molar-refractivity contribution in [3.63, 3.8) is 0 Å². The largest absolute Gasteiger partial charge is 0.465 e. The third kappa shape index (κ3) is 5.07. The normalized spacial score (nSPS) is 10.2. The quantitative estimate of drug-likeness (QED) is 0.814. The van der Waals surface area contributed by atoms with Crippen molar-refractivity contribution in [1.82, 2.24) is 10.2 Å². The number of hydrogen-bond acceptors (Lipinski definition) is 4. The van der Waals surface area contributed by atoms with Crippen LogP contribution in [0, 0.1) is 0 Å². The molecule has 0 spiro atoms. The first kappa shape index (κ1) is 16.3. The molecule has 1 aromatic rings. The number of benzene rings is 1. The molecule has 7 heteroatoms. The average molecular weight is 300 g/mol. The number of anilines is 1. The zero-order valence-corrected chi connectivity index (χ0v) is 12.5. The first-order chi connectivity index (χ1) is 9.43. The van der Waals surface area contributed by atoms with E-state index < -0.39 is 5.97 Å².